The summed E-state index contributed by atoms with van der Waals surface area (Å²) in [5.41, 5.74) is 2.95. The Morgan fingerprint density at radius 2 is 2.09 bits per heavy atom. The van der Waals surface area contributed by atoms with Crippen molar-refractivity contribution in [2.24, 2.45) is 5.92 Å². The number of amides is 1. The monoisotopic (exact) mass is 480 g/mol. The van der Waals surface area contributed by atoms with Crippen molar-refractivity contribution >= 4 is 30.1 Å². The quantitative estimate of drug-likeness (QED) is 0.447. The molecule has 2 aromatic carbocycles. The minimum absolute atomic E-state index is 0. The number of ether oxygens (including phenoxy) is 1. The van der Waals surface area contributed by atoms with Crippen LogP contribution in [0.1, 0.15) is 43.7 Å². The van der Waals surface area contributed by atoms with Crippen LogP contribution in [0.15, 0.2) is 42.5 Å². The number of carbonyl (C=O) groups is 1. The lowest BCUT2D eigenvalue weighted by atomic mass is 9.72. The van der Waals surface area contributed by atoms with Crippen LogP contribution in [0.4, 0.5) is 4.79 Å². The third-order valence-corrected chi connectivity index (χ3v) is 6.58. The van der Waals surface area contributed by atoms with Gasteiger partial charge in [0.05, 0.1) is 12.7 Å². The number of hydrogen-bond acceptors (Lipinski definition) is 4. The van der Waals surface area contributed by atoms with Crippen LogP contribution < -0.4 is 10.6 Å². The molecule has 3 rings (SSSR count). The fraction of sp³-hybridized carbons (Fsp3) is 0.480. The molecule has 176 valence electrons. The summed E-state index contributed by atoms with van der Waals surface area (Å²) in [6.07, 6.45) is 3.59. The SMILES string of the molecule is CCc1cccc(-c2c(Cl)cccc2C(O)(CCCNC(=O)OC)[C@@H]2CCCNC2)c1.Cl. The Hall–Kier alpha value is -1.79. The first-order chi connectivity index (χ1) is 15.0. The van der Waals surface area contributed by atoms with E-state index in [1.807, 2.05) is 24.3 Å². The Bertz CT molecular complexity index is 887. The van der Waals surface area contributed by atoms with Crippen molar-refractivity contribution in [1.29, 1.82) is 0 Å². The molecule has 1 fully saturated rings. The highest BCUT2D eigenvalue weighted by atomic mass is 35.5. The van der Waals surface area contributed by atoms with Crippen LogP contribution in [0.5, 0.6) is 0 Å². The molecule has 0 aromatic heterocycles. The number of methoxy groups -OCH3 is 1. The second-order valence-corrected chi connectivity index (χ2v) is 8.61. The first-order valence-electron chi connectivity index (χ1n) is 11.1. The van der Waals surface area contributed by atoms with Crippen LogP contribution in [-0.2, 0) is 16.8 Å². The number of carbonyl (C=O) groups excluding carboxylic acids is 1. The van der Waals surface area contributed by atoms with Gasteiger partial charge < -0.3 is 20.5 Å². The molecular weight excluding hydrogens is 447 g/mol. The molecule has 0 spiro atoms. The van der Waals surface area contributed by atoms with Crippen LogP contribution in [0.3, 0.4) is 0 Å². The lowest BCUT2D eigenvalue weighted by Gasteiger charge is -2.40. The van der Waals surface area contributed by atoms with Gasteiger partial charge in [0.2, 0.25) is 0 Å². The first kappa shape index (κ1) is 26.5. The maximum Gasteiger partial charge on any atom is 0.406 e. The van der Waals surface area contributed by atoms with E-state index in [2.05, 4.69) is 40.5 Å². The highest BCUT2D eigenvalue weighted by Gasteiger charge is 2.40. The van der Waals surface area contributed by atoms with Gasteiger partial charge in [-0.3, -0.25) is 0 Å². The Morgan fingerprint density at radius 1 is 1.31 bits per heavy atom. The van der Waals surface area contributed by atoms with Crippen molar-refractivity contribution in [3.05, 3.63) is 58.6 Å². The highest BCUT2D eigenvalue weighted by molar-refractivity contribution is 6.33. The molecule has 0 bridgehead atoms. The fourth-order valence-electron chi connectivity index (χ4n) is 4.56. The third-order valence-electron chi connectivity index (χ3n) is 6.27. The molecule has 0 saturated carbocycles. The molecule has 1 aliphatic heterocycles. The standard InChI is InChI=1S/C25H33ClN2O3.ClH/c1-3-18-8-4-9-19(16-18)23-21(11-5-12-22(23)26)25(30,20-10-6-14-27-17-20)13-7-15-28-24(29)31-2;/h4-5,8-9,11-12,16,20,27,30H,3,6-7,10,13-15,17H2,1-2H3,(H,28,29);1H/t20-,25?;/m1./s1. The van der Waals surface area contributed by atoms with Gasteiger partial charge in [-0.1, -0.05) is 54.9 Å². The average Bonchev–Trinajstić information content (AvgIpc) is 2.81. The molecule has 1 unspecified atom stereocenters. The summed E-state index contributed by atoms with van der Waals surface area (Å²) in [4.78, 5) is 11.4. The zero-order valence-electron chi connectivity index (χ0n) is 18.8. The highest BCUT2D eigenvalue weighted by Crippen LogP contribution is 2.44. The van der Waals surface area contributed by atoms with Gasteiger partial charge in [0, 0.05) is 29.6 Å². The predicted octanol–water partition coefficient (Wildman–Crippen LogP) is 5.31. The summed E-state index contributed by atoms with van der Waals surface area (Å²) in [6, 6.07) is 14.2. The lowest BCUT2D eigenvalue weighted by Crippen LogP contribution is -2.45. The van der Waals surface area contributed by atoms with Crippen molar-refractivity contribution in [2.45, 2.75) is 44.6 Å². The topological polar surface area (TPSA) is 70.6 Å². The summed E-state index contributed by atoms with van der Waals surface area (Å²) >= 11 is 6.73. The van der Waals surface area contributed by atoms with Crippen LogP contribution >= 0.6 is 24.0 Å². The number of hydrogen-bond donors (Lipinski definition) is 3. The number of aliphatic hydroxyl groups is 1. The van der Waals surface area contributed by atoms with Gasteiger partial charge in [-0.2, -0.15) is 0 Å². The van der Waals surface area contributed by atoms with Crippen LogP contribution in [0.25, 0.3) is 11.1 Å². The molecule has 2 aromatic rings. The van der Waals surface area contributed by atoms with E-state index in [1.54, 1.807) is 0 Å². The molecule has 32 heavy (non-hydrogen) atoms. The Labute approximate surface area is 202 Å². The molecule has 3 N–H and O–H groups in total. The molecule has 1 aliphatic rings. The zero-order chi connectivity index (χ0) is 22.3. The predicted molar refractivity (Wildman–Crippen MR) is 133 cm³/mol. The van der Waals surface area contributed by atoms with E-state index in [0.717, 1.165) is 49.0 Å². The third kappa shape index (κ3) is 6.16. The van der Waals surface area contributed by atoms with Gasteiger partial charge in [0.1, 0.15) is 0 Å². The number of rotatable bonds is 8. The summed E-state index contributed by atoms with van der Waals surface area (Å²) in [5, 5.41) is 19.0. The van der Waals surface area contributed by atoms with E-state index < -0.39 is 11.7 Å². The molecule has 7 heteroatoms. The second-order valence-electron chi connectivity index (χ2n) is 8.21. The second kappa shape index (κ2) is 12.4. The van der Waals surface area contributed by atoms with Crippen molar-refractivity contribution < 1.29 is 14.6 Å². The number of alkyl carbamates (subject to hydrolysis) is 1. The van der Waals surface area contributed by atoms with Crippen molar-refractivity contribution in [2.75, 3.05) is 26.7 Å². The Morgan fingerprint density at radius 3 is 2.78 bits per heavy atom. The van der Waals surface area contributed by atoms with Crippen molar-refractivity contribution in [3.8, 4) is 11.1 Å². The normalized spacial score (nSPS) is 17.7. The van der Waals surface area contributed by atoms with Gasteiger partial charge in [-0.05, 0) is 61.4 Å². The Balaban J connectivity index is 0.00000363. The molecule has 2 atom stereocenters. The van der Waals surface area contributed by atoms with Gasteiger partial charge in [0.25, 0.3) is 0 Å². The maximum atomic E-state index is 12.2. The van der Waals surface area contributed by atoms with Crippen molar-refractivity contribution in [3.63, 3.8) is 0 Å². The van der Waals surface area contributed by atoms with Crippen molar-refractivity contribution in [1.82, 2.24) is 10.6 Å². The van der Waals surface area contributed by atoms with Crippen LogP contribution in [-0.4, -0.2) is 37.9 Å². The molecule has 0 aliphatic carbocycles. The van der Waals surface area contributed by atoms with Crippen LogP contribution in [0, 0.1) is 5.92 Å². The average molecular weight is 481 g/mol. The maximum absolute atomic E-state index is 12.2. The molecular formula is C25H34Cl2N2O3. The molecule has 1 saturated heterocycles. The molecule has 5 nitrogen and oxygen atoms in total. The van der Waals surface area contributed by atoms with E-state index in [1.165, 1.54) is 12.7 Å². The van der Waals surface area contributed by atoms with Gasteiger partial charge >= 0.3 is 6.09 Å². The minimum Gasteiger partial charge on any atom is -0.453 e. The van der Waals surface area contributed by atoms with E-state index in [0.29, 0.717) is 24.4 Å². The lowest BCUT2D eigenvalue weighted by molar-refractivity contribution is -0.0415. The number of benzene rings is 2. The molecule has 1 amide bonds. The number of piperidine rings is 1. The molecule has 0 radical (unpaired) electrons. The van der Waals surface area contributed by atoms with E-state index in [9.17, 15) is 9.90 Å². The summed E-state index contributed by atoms with van der Waals surface area (Å²) < 4.78 is 4.66. The number of aryl methyl sites for hydroxylation is 1. The number of halogens is 2. The first-order valence-corrected chi connectivity index (χ1v) is 11.5. The summed E-state index contributed by atoms with van der Waals surface area (Å²) in [7, 11) is 1.35. The van der Waals surface area contributed by atoms with E-state index in [4.69, 9.17) is 11.6 Å². The van der Waals surface area contributed by atoms with E-state index in [-0.39, 0.29) is 18.3 Å². The summed E-state index contributed by atoms with van der Waals surface area (Å²) in [6.45, 7) is 4.29. The number of nitrogens with one attached hydrogen (secondary N) is 2. The molecule has 1 heterocycles. The fourth-order valence-corrected chi connectivity index (χ4v) is 4.85. The van der Waals surface area contributed by atoms with Crippen LogP contribution in [0.2, 0.25) is 5.02 Å². The zero-order valence-corrected chi connectivity index (χ0v) is 20.4. The summed E-state index contributed by atoms with van der Waals surface area (Å²) in [5.74, 6) is 0.0611. The van der Waals surface area contributed by atoms with Gasteiger partial charge in [0.15, 0.2) is 0 Å². The Kier molecular flexibility index (Phi) is 10.3. The van der Waals surface area contributed by atoms with Gasteiger partial charge in [-0.25, -0.2) is 4.79 Å². The largest absolute Gasteiger partial charge is 0.453 e. The van der Waals surface area contributed by atoms with E-state index >= 15 is 0 Å². The minimum atomic E-state index is -1.06. The smallest absolute Gasteiger partial charge is 0.406 e. The van der Waals surface area contributed by atoms with Gasteiger partial charge in [-0.15, -0.1) is 12.4 Å².